The maximum absolute atomic E-state index is 9.77. The van der Waals surface area contributed by atoms with E-state index in [4.69, 9.17) is 4.74 Å². The molecule has 0 saturated heterocycles. The summed E-state index contributed by atoms with van der Waals surface area (Å²) in [6.45, 7) is 12.7. The third-order valence-electron chi connectivity index (χ3n) is 6.93. The molecule has 1 aromatic rings. The highest BCUT2D eigenvalue weighted by atomic mass is 16.5. The van der Waals surface area contributed by atoms with E-state index < -0.39 is 0 Å². The summed E-state index contributed by atoms with van der Waals surface area (Å²) in [6.07, 6.45) is 2.48. The lowest BCUT2D eigenvalue weighted by molar-refractivity contribution is 0.169. The van der Waals surface area contributed by atoms with E-state index in [-0.39, 0.29) is 22.9 Å². The zero-order chi connectivity index (χ0) is 17.0. The van der Waals surface area contributed by atoms with Gasteiger partial charge in [-0.3, -0.25) is 0 Å². The van der Waals surface area contributed by atoms with Crippen LogP contribution in [-0.2, 0) is 21.0 Å². The predicted molar refractivity (Wildman–Crippen MR) is 95.0 cm³/mol. The van der Waals surface area contributed by atoms with Crippen LogP contribution in [0.1, 0.15) is 64.2 Å². The number of methoxy groups -OCH3 is 1. The zero-order valence-corrected chi connectivity index (χ0v) is 15.6. The van der Waals surface area contributed by atoms with Crippen molar-refractivity contribution >= 4 is 0 Å². The monoisotopic (exact) mass is 316 g/mol. The molecule has 1 fully saturated rings. The zero-order valence-electron chi connectivity index (χ0n) is 15.6. The summed E-state index contributed by atoms with van der Waals surface area (Å²) in [5.41, 5.74) is 4.94. The Morgan fingerprint density at radius 2 is 1.61 bits per heavy atom. The van der Waals surface area contributed by atoms with Gasteiger partial charge in [-0.15, -0.1) is 0 Å². The molecule has 2 aliphatic carbocycles. The van der Waals surface area contributed by atoms with Crippen LogP contribution in [0.2, 0.25) is 0 Å². The molecule has 1 aromatic carbocycles. The van der Waals surface area contributed by atoms with Crippen molar-refractivity contribution in [3.63, 3.8) is 0 Å². The molecule has 0 aliphatic heterocycles. The summed E-state index contributed by atoms with van der Waals surface area (Å²) in [4.78, 5) is 0. The van der Waals surface area contributed by atoms with Crippen molar-refractivity contribution in [2.45, 2.75) is 63.7 Å². The molecule has 3 atom stereocenters. The predicted octanol–water partition coefficient (Wildman–Crippen LogP) is 4.18. The van der Waals surface area contributed by atoms with E-state index in [1.54, 1.807) is 7.11 Å². The van der Waals surface area contributed by atoms with Crippen LogP contribution in [-0.4, -0.2) is 25.4 Å². The van der Waals surface area contributed by atoms with Crippen molar-refractivity contribution in [2.24, 2.45) is 11.8 Å². The quantitative estimate of drug-likeness (QED) is 0.903. The average Bonchev–Trinajstić information content (AvgIpc) is 3.09. The number of aliphatic hydroxyl groups excluding tert-OH is 1. The van der Waals surface area contributed by atoms with E-state index >= 15 is 0 Å². The van der Waals surface area contributed by atoms with E-state index in [2.05, 4.69) is 52.8 Å². The van der Waals surface area contributed by atoms with Crippen LogP contribution in [0.3, 0.4) is 0 Å². The standard InChI is InChI=1S/C21H32O2/c1-19(2)9-10-20(3,4)16-11-14(7-8-15(16)19)21(5)17(12-22)18(21)13-23-6/h7-8,11,17-18,22H,9-10,12-13H2,1-6H3/t17?,18?,21-/m1/s1. The fourth-order valence-corrected chi connectivity index (χ4v) is 4.84. The minimum absolute atomic E-state index is 0.0530. The number of rotatable bonds is 4. The Hall–Kier alpha value is -0.860. The van der Waals surface area contributed by atoms with Gasteiger partial charge in [0.1, 0.15) is 0 Å². The first-order chi connectivity index (χ1) is 10.7. The molecule has 2 heteroatoms. The molecule has 128 valence electrons. The van der Waals surface area contributed by atoms with Crippen molar-refractivity contribution in [1.82, 2.24) is 0 Å². The van der Waals surface area contributed by atoms with Crippen LogP contribution >= 0.6 is 0 Å². The highest BCUT2D eigenvalue weighted by Gasteiger charge is 2.61. The normalized spacial score (nSPS) is 34.0. The summed E-state index contributed by atoms with van der Waals surface area (Å²) < 4.78 is 5.39. The molecule has 0 aromatic heterocycles. The van der Waals surface area contributed by atoms with Gasteiger partial charge in [0, 0.05) is 19.1 Å². The van der Waals surface area contributed by atoms with Crippen LogP contribution in [0.25, 0.3) is 0 Å². The van der Waals surface area contributed by atoms with E-state index in [1.165, 1.54) is 29.5 Å². The highest BCUT2D eigenvalue weighted by molar-refractivity contribution is 5.48. The summed E-state index contributed by atoms with van der Waals surface area (Å²) in [5.74, 6) is 0.746. The van der Waals surface area contributed by atoms with Crippen molar-refractivity contribution < 1.29 is 9.84 Å². The van der Waals surface area contributed by atoms with Gasteiger partial charge in [0.05, 0.1) is 6.61 Å². The fourth-order valence-electron chi connectivity index (χ4n) is 4.84. The summed E-state index contributed by atoms with van der Waals surface area (Å²) in [7, 11) is 1.76. The van der Waals surface area contributed by atoms with Gasteiger partial charge in [0.15, 0.2) is 0 Å². The molecular weight excluding hydrogens is 284 g/mol. The minimum Gasteiger partial charge on any atom is -0.396 e. The van der Waals surface area contributed by atoms with Crippen LogP contribution in [0.5, 0.6) is 0 Å². The number of hydrogen-bond donors (Lipinski definition) is 1. The Labute approximate surface area is 141 Å². The van der Waals surface area contributed by atoms with Crippen LogP contribution in [0.4, 0.5) is 0 Å². The third-order valence-corrected chi connectivity index (χ3v) is 6.93. The topological polar surface area (TPSA) is 29.5 Å². The van der Waals surface area contributed by atoms with E-state index in [1.807, 2.05) is 0 Å². The smallest absolute Gasteiger partial charge is 0.0502 e. The highest BCUT2D eigenvalue weighted by Crippen LogP contribution is 2.60. The van der Waals surface area contributed by atoms with E-state index in [0.717, 1.165) is 6.61 Å². The molecule has 2 nitrogen and oxygen atoms in total. The average molecular weight is 316 g/mol. The second-order valence-electron chi connectivity index (χ2n) is 9.16. The molecular formula is C21H32O2. The van der Waals surface area contributed by atoms with Crippen LogP contribution < -0.4 is 0 Å². The summed E-state index contributed by atoms with van der Waals surface area (Å²) >= 11 is 0. The van der Waals surface area contributed by atoms with Gasteiger partial charge in [-0.25, -0.2) is 0 Å². The molecule has 0 bridgehead atoms. The van der Waals surface area contributed by atoms with E-state index in [0.29, 0.717) is 11.8 Å². The fraction of sp³-hybridized carbons (Fsp3) is 0.714. The lowest BCUT2D eigenvalue weighted by Gasteiger charge is -2.42. The van der Waals surface area contributed by atoms with Gasteiger partial charge in [-0.2, -0.15) is 0 Å². The summed E-state index contributed by atoms with van der Waals surface area (Å²) in [6, 6.07) is 7.10. The van der Waals surface area contributed by atoms with Gasteiger partial charge in [0.25, 0.3) is 0 Å². The number of benzene rings is 1. The van der Waals surface area contributed by atoms with Crippen LogP contribution in [0.15, 0.2) is 18.2 Å². The Bertz CT molecular complexity index is 602. The largest absolute Gasteiger partial charge is 0.396 e. The Kier molecular flexibility index (Phi) is 3.93. The number of aliphatic hydroxyl groups is 1. The first-order valence-electron chi connectivity index (χ1n) is 8.94. The van der Waals surface area contributed by atoms with Gasteiger partial charge < -0.3 is 9.84 Å². The van der Waals surface area contributed by atoms with Gasteiger partial charge in [-0.1, -0.05) is 52.8 Å². The van der Waals surface area contributed by atoms with Crippen molar-refractivity contribution in [2.75, 3.05) is 20.3 Å². The second kappa shape index (κ2) is 5.32. The van der Waals surface area contributed by atoms with Gasteiger partial charge in [0.2, 0.25) is 0 Å². The molecule has 23 heavy (non-hydrogen) atoms. The summed E-state index contributed by atoms with van der Waals surface area (Å²) in [5, 5.41) is 9.77. The third kappa shape index (κ3) is 2.46. The molecule has 3 rings (SSSR count). The lowest BCUT2D eigenvalue weighted by Crippen LogP contribution is -2.34. The second-order valence-corrected chi connectivity index (χ2v) is 9.16. The number of fused-ring (bicyclic) bond motifs is 1. The van der Waals surface area contributed by atoms with Crippen LogP contribution in [0, 0.1) is 11.8 Å². The minimum atomic E-state index is 0.0530. The Morgan fingerprint density at radius 1 is 1.00 bits per heavy atom. The molecule has 1 N–H and O–H groups in total. The lowest BCUT2D eigenvalue weighted by atomic mass is 9.62. The van der Waals surface area contributed by atoms with Crippen molar-refractivity contribution in [3.05, 3.63) is 34.9 Å². The maximum Gasteiger partial charge on any atom is 0.0502 e. The van der Waals surface area contributed by atoms with Crippen molar-refractivity contribution in [1.29, 1.82) is 0 Å². The van der Waals surface area contributed by atoms with E-state index in [9.17, 15) is 5.11 Å². The van der Waals surface area contributed by atoms with Crippen molar-refractivity contribution in [3.8, 4) is 0 Å². The molecule has 2 unspecified atom stereocenters. The van der Waals surface area contributed by atoms with Gasteiger partial charge >= 0.3 is 0 Å². The maximum atomic E-state index is 9.77. The molecule has 1 saturated carbocycles. The molecule has 2 aliphatic rings. The molecule has 0 spiro atoms. The Morgan fingerprint density at radius 3 is 2.17 bits per heavy atom. The first kappa shape index (κ1) is 17.0. The SMILES string of the molecule is COCC1C(CO)[C@@]1(C)c1ccc2c(c1)C(C)(C)CCC2(C)C. The number of ether oxygens (including phenoxy) is 1. The molecule has 0 heterocycles. The molecule has 0 amide bonds. The Balaban J connectivity index is 2.04. The molecule has 0 radical (unpaired) electrons. The first-order valence-corrected chi connectivity index (χ1v) is 8.94. The van der Waals surface area contributed by atoms with Gasteiger partial charge in [-0.05, 0) is 52.2 Å². The number of hydrogen-bond acceptors (Lipinski definition) is 2.